The molecule has 2 aliphatic heterocycles. The van der Waals surface area contributed by atoms with Crippen LogP contribution in [-0.2, 0) is 32.0 Å². The third-order valence-electron chi connectivity index (χ3n) is 6.97. The molecule has 0 aliphatic carbocycles. The van der Waals surface area contributed by atoms with Gasteiger partial charge in [0.15, 0.2) is 6.61 Å². The van der Waals surface area contributed by atoms with Crippen molar-refractivity contribution in [3.05, 3.63) is 64.7 Å². The van der Waals surface area contributed by atoms with Crippen LogP contribution in [0.1, 0.15) is 36.8 Å². The van der Waals surface area contributed by atoms with Crippen molar-refractivity contribution in [2.45, 2.75) is 38.5 Å². The largest absolute Gasteiger partial charge is 0.484 e. The Morgan fingerprint density at radius 3 is 2.58 bits per heavy atom. The predicted octanol–water partition coefficient (Wildman–Crippen LogP) is 2.65. The molecule has 2 aromatic carbocycles. The molecule has 0 fully saturated rings. The average Bonchev–Trinajstić information content (AvgIpc) is 2.96. The zero-order valence-electron chi connectivity index (χ0n) is 23.2. The van der Waals surface area contributed by atoms with Crippen LogP contribution < -0.4 is 26.0 Å². The number of hydrogen-bond acceptors (Lipinski definition) is 6. The van der Waals surface area contributed by atoms with Crippen molar-refractivity contribution < 1.29 is 23.9 Å². The maximum Gasteiger partial charge on any atom is 0.257 e. The SMILES string of the molecule is COCCC1(C(=O)NCCc2ccccc2Cl)CNC(=O)CCCNCCCNC(=O)COc2ccc(cc2)C1. The van der Waals surface area contributed by atoms with Crippen LogP contribution >= 0.6 is 11.6 Å². The lowest BCUT2D eigenvalue weighted by molar-refractivity contribution is -0.133. The Bertz CT molecular complexity index is 1100. The van der Waals surface area contributed by atoms with E-state index in [9.17, 15) is 14.4 Å². The molecule has 2 aromatic rings. The summed E-state index contributed by atoms with van der Waals surface area (Å²) < 4.78 is 11.0. The lowest BCUT2D eigenvalue weighted by Gasteiger charge is -2.33. The zero-order chi connectivity index (χ0) is 28.6. The number of rotatable bonds is 7. The highest BCUT2D eigenvalue weighted by molar-refractivity contribution is 6.31. The molecule has 1 atom stereocenters. The maximum atomic E-state index is 13.8. The minimum absolute atomic E-state index is 0.0651. The highest BCUT2D eigenvalue weighted by Gasteiger charge is 2.38. The third-order valence-corrected chi connectivity index (χ3v) is 7.34. The summed E-state index contributed by atoms with van der Waals surface area (Å²) in [4.78, 5) is 38.7. The van der Waals surface area contributed by atoms with Crippen LogP contribution in [0.25, 0.3) is 0 Å². The number of halogens is 1. The van der Waals surface area contributed by atoms with Crippen molar-refractivity contribution in [2.75, 3.05) is 53.0 Å². The molecule has 40 heavy (non-hydrogen) atoms. The Morgan fingerprint density at radius 2 is 1.80 bits per heavy atom. The highest BCUT2D eigenvalue weighted by Crippen LogP contribution is 2.29. The summed E-state index contributed by atoms with van der Waals surface area (Å²) in [6.07, 6.45) is 3.19. The van der Waals surface area contributed by atoms with Crippen LogP contribution in [0.4, 0.5) is 0 Å². The highest BCUT2D eigenvalue weighted by atomic mass is 35.5. The minimum Gasteiger partial charge on any atom is -0.484 e. The molecule has 0 aromatic heterocycles. The maximum absolute atomic E-state index is 13.8. The summed E-state index contributed by atoms with van der Waals surface area (Å²) in [6, 6.07) is 14.9. The van der Waals surface area contributed by atoms with E-state index in [0.717, 1.165) is 24.1 Å². The first kappa shape index (κ1) is 31.4. The molecule has 0 spiro atoms. The Balaban J connectivity index is 1.79. The van der Waals surface area contributed by atoms with Crippen molar-refractivity contribution in [2.24, 2.45) is 5.41 Å². The average molecular weight is 573 g/mol. The van der Waals surface area contributed by atoms with Crippen LogP contribution in [0.5, 0.6) is 5.75 Å². The quantitative estimate of drug-likeness (QED) is 0.405. The number of methoxy groups -OCH3 is 1. The van der Waals surface area contributed by atoms with Gasteiger partial charge >= 0.3 is 0 Å². The van der Waals surface area contributed by atoms with Crippen molar-refractivity contribution in [3.63, 3.8) is 0 Å². The standard InChI is InChI=1S/C30H41ClN4O5/c1-39-19-14-30(29(38)34-18-13-24-6-2-3-7-26(24)31)20-23-9-11-25(12-10-23)40-21-28(37)33-17-5-16-32-15-4-8-27(36)35-22-30/h2-3,6-7,9-12,32H,4-5,8,13-22H2,1H3,(H,33,37)(H,34,38)(H,35,36). The predicted molar refractivity (Wildman–Crippen MR) is 155 cm³/mol. The smallest absolute Gasteiger partial charge is 0.257 e. The van der Waals surface area contributed by atoms with Crippen LogP contribution in [0, 0.1) is 5.41 Å². The van der Waals surface area contributed by atoms with Gasteiger partial charge in [-0.3, -0.25) is 14.4 Å². The number of hydrogen-bond donors (Lipinski definition) is 4. The first-order chi connectivity index (χ1) is 19.4. The summed E-state index contributed by atoms with van der Waals surface area (Å²) in [5.41, 5.74) is 0.924. The van der Waals surface area contributed by atoms with E-state index in [0.29, 0.717) is 69.1 Å². The van der Waals surface area contributed by atoms with Crippen LogP contribution in [0.15, 0.2) is 48.5 Å². The van der Waals surface area contributed by atoms with Gasteiger partial charge in [-0.1, -0.05) is 41.9 Å². The molecule has 2 bridgehead atoms. The molecular formula is C30H41ClN4O5. The van der Waals surface area contributed by atoms with Crippen molar-refractivity contribution >= 4 is 29.3 Å². The van der Waals surface area contributed by atoms with Gasteiger partial charge in [0.05, 0.1) is 5.41 Å². The second kappa shape index (κ2) is 16.8. The zero-order valence-corrected chi connectivity index (χ0v) is 24.0. The lowest BCUT2D eigenvalue weighted by atomic mass is 9.77. The van der Waals surface area contributed by atoms with Crippen molar-refractivity contribution in [1.82, 2.24) is 21.3 Å². The fourth-order valence-corrected chi connectivity index (χ4v) is 4.83. The Hall–Kier alpha value is -3.14. The van der Waals surface area contributed by atoms with E-state index in [1.165, 1.54) is 0 Å². The number of amides is 3. The molecule has 2 heterocycles. The van der Waals surface area contributed by atoms with E-state index in [2.05, 4.69) is 21.3 Å². The molecular weight excluding hydrogens is 532 g/mol. The summed E-state index contributed by atoms with van der Waals surface area (Å²) in [5.74, 6) is 0.132. The van der Waals surface area contributed by atoms with Gasteiger partial charge in [-0.05, 0) is 74.5 Å². The Labute approximate surface area is 241 Å². The van der Waals surface area contributed by atoms with Gasteiger partial charge in [0.2, 0.25) is 11.8 Å². The van der Waals surface area contributed by atoms with E-state index in [1.54, 1.807) is 19.2 Å². The van der Waals surface area contributed by atoms with Gasteiger partial charge < -0.3 is 30.7 Å². The summed E-state index contributed by atoms with van der Waals surface area (Å²) in [6.45, 7) is 2.86. The lowest BCUT2D eigenvalue weighted by Crippen LogP contribution is -2.51. The fourth-order valence-electron chi connectivity index (χ4n) is 4.60. The van der Waals surface area contributed by atoms with Crippen LogP contribution in [0.2, 0.25) is 5.02 Å². The van der Waals surface area contributed by atoms with Crippen molar-refractivity contribution in [1.29, 1.82) is 0 Å². The van der Waals surface area contributed by atoms with Gasteiger partial charge in [-0.2, -0.15) is 0 Å². The van der Waals surface area contributed by atoms with Crippen molar-refractivity contribution in [3.8, 4) is 5.75 Å². The van der Waals surface area contributed by atoms with Gasteiger partial charge in [0, 0.05) is 44.8 Å². The minimum atomic E-state index is -0.937. The summed E-state index contributed by atoms with van der Waals surface area (Å²) in [5, 5.41) is 12.9. The molecule has 1 unspecified atom stereocenters. The summed E-state index contributed by atoms with van der Waals surface area (Å²) >= 11 is 6.30. The topological polar surface area (TPSA) is 118 Å². The first-order valence-electron chi connectivity index (χ1n) is 13.9. The molecule has 4 N–H and O–H groups in total. The normalized spacial score (nSPS) is 19.6. The molecule has 2 aliphatic rings. The second-order valence-corrected chi connectivity index (χ2v) is 10.5. The van der Waals surface area contributed by atoms with E-state index in [-0.39, 0.29) is 30.9 Å². The third kappa shape index (κ3) is 10.4. The van der Waals surface area contributed by atoms with Gasteiger partial charge in [0.1, 0.15) is 5.75 Å². The van der Waals surface area contributed by atoms with E-state index in [1.807, 2.05) is 36.4 Å². The van der Waals surface area contributed by atoms with Gasteiger partial charge in [-0.15, -0.1) is 0 Å². The number of nitrogens with one attached hydrogen (secondary N) is 4. The molecule has 9 nitrogen and oxygen atoms in total. The monoisotopic (exact) mass is 572 g/mol. The molecule has 3 amide bonds. The van der Waals surface area contributed by atoms with E-state index >= 15 is 0 Å². The molecule has 4 rings (SSSR count). The molecule has 0 saturated heterocycles. The van der Waals surface area contributed by atoms with Gasteiger partial charge in [-0.25, -0.2) is 0 Å². The Kier molecular flexibility index (Phi) is 13.2. The van der Waals surface area contributed by atoms with Crippen LogP contribution in [-0.4, -0.2) is 70.8 Å². The molecule has 10 heteroatoms. The number of carbonyl (C=O) groups excluding carboxylic acids is 3. The first-order valence-corrected chi connectivity index (χ1v) is 14.3. The summed E-state index contributed by atoms with van der Waals surface area (Å²) in [7, 11) is 1.60. The molecule has 218 valence electrons. The number of fused-ring (bicyclic) bond motifs is 17. The Morgan fingerprint density at radius 1 is 1.02 bits per heavy atom. The number of carbonyl (C=O) groups is 3. The fraction of sp³-hybridized carbons (Fsp3) is 0.500. The van der Waals surface area contributed by atoms with E-state index < -0.39 is 5.41 Å². The van der Waals surface area contributed by atoms with Crippen LogP contribution in [0.3, 0.4) is 0 Å². The molecule has 0 saturated carbocycles. The molecule has 0 radical (unpaired) electrons. The van der Waals surface area contributed by atoms with Gasteiger partial charge in [0.25, 0.3) is 5.91 Å². The van der Waals surface area contributed by atoms with E-state index in [4.69, 9.17) is 21.1 Å². The number of ether oxygens (including phenoxy) is 2. The second-order valence-electron chi connectivity index (χ2n) is 10.1. The number of benzene rings is 2.